The number of nitro groups is 1. The summed E-state index contributed by atoms with van der Waals surface area (Å²) >= 11 is 0. The van der Waals surface area contributed by atoms with Crippen molar-refractivity contribution in [2.24, 2.45) is 0 Å². The Hall–Kier alpha value is -1.58. The van der Waals surface area contributed by atoms with Crippen LogP contribution in [0.4, 0.5) is 11.4 Å². The number of aryl methyl sites for hydroxylation is 1. The smallest absolute Gasteiger partial charge is 0.295 e. The quantitative estimate of drug-likeness (QED) is 0.335. The second-order valence-electron chi connectivity index (χ2n) is 5.63. The molecule has 4 heteroatoms. The molecule has 0 fully saturated rings. The molecule has 0 unspecified atom stereocenters. The molecule has 0 bridgehead atoms. The zero-order chi connectivity index (χ0) is 15.5. The average molecular weight is 292 g/mol. The van der Waals surface area contributed by atoms with E-state index >= 15 is 0 Å². The largest absolute Gasteiger partial charge is 0.379 e. The van der Waals surface area contributed by atoms with Crippen LogP contribution in [-0.2, 0) is 0 Å². The summed E-state index contributed by atoms with van der Waals surface area (Å²) in [6.07, 6.45) is 10.2. The molecule has 21 heavy (non-hydrogen) atoms. The SMILES string of the molecule is CCCCCCCCCCNc1cccc(C)c1[N+](=O)[O-]. The summed E-state index contributed by atoms with van der Waals surface area (Å²) in [4.78, 5) is 10.8. The Bertz CT molecular complexity index is 433. The number of nitrogens with one attached hydrogen (secondary N) is 1. The standard InChI is InChI=1S/C17H28N2O2/c1-3-4-5-6-7-8-9-10-14-18-16-13-11-12-15(2)17(16)19(20)21/h11-13,18H,3-10,14H2,1-2H3. The Morgan fingerprint density at radius 2 is 1.67 bits per heavy atom. The van der Waals surface area contributed by atoms with E-state index in [4.69, 9.17) is 0 Å². The minimum atomic E-state index is -0.300. The van der Waals surface area contributed by atoms with Crippen LogP contribution in [0.1, 0.15) is 63.9 Å². The van der Waals surface area contributed by atoms with Gasteiger partial charge in [0.25, 0.3) is 5.69 Å². The number of rotatable bonds is 11. The molecule has 0 aliphatic rings. The Morgan fingerprint density at radius 3 is 2.29 bits per heavy atom. The van der Waals surface area contributed by atoms with Crippen LogP contribution < -0.4 is 5.32 Å². The minimum Gasteiger partial charge on any atom is -0.379 e. The minimum absolute atomic E-state index is 0.206. The molecule has 4 nitrogen and oxygen atoms in total. The zero-order valence-corrected chi connectivity index (χ0v) is 13.4. The van der Waals surface area contributed by atoms with Gasteiger partial charge in [0.1, 0.15) is 5.69 Å². The van der Waals surface area contributed by atoms with Gasteiger partial charge < -0.3 is 5.32 Å². The molecule has 1 N–H and O–H groups in total. The second-order valence-corrected chi connectivity index (χ2v) is 5.63. The summed E-state index contributed by atoms with van der Waals surface area (Å²) in [7, 11) is 0. The number of hydrogen-bond donors (Lipinski definition) is 1. The van der Waals surface area contributed by atoms with Crippen LogP contribution in [0.2, 0.25) is 0 Å². The van der Waals surface area contributed by atoms with Gasteiger partial charge in [0, 0.05) is 12.1 Å². The highest BCUT2D eigenvalue weighted by Crippen LogP contribution is 2.27. The van der Waals surface area contributed by atoms with E-state index in [9.17, 15) is 10.1 Å². The van der Waals surface area contributed by atoms with E-state index in [-0.39, 0.29) is 10.6 Å². The summed E-state index contributed by atoms with van der Waals surface area (Å²) in [5.41, 5.74) is 1.56. The molecule has 118 valence electrons. The number of para-hydroxylation sites is 1. The van der Waals surface area contributed by atoms with Gasteiger partial charge in [0.05, 0.1) is 4.92 Å². The number of unbranched alkanes of at least 4 members (excludes halogenated alkanes) is 7. The predicted octanol–water partition coefficient (Wildman–Crippen LogP) is 5.46. The van der Waals surface area contributed by atoms with Crippen LogP contribution in [0.5, 0.6) is 0 Å². The van der Waals surface area contributed by atoms with E-state index in [0.717, 1.165) is 13.0 Å². The predicted molar refractivity (Wildman–Crippen MR) is 88.9 cm³/mol. The molecular formula is C17H28N2O2. The fraction of sp³-hybridized carbons (Fsp3) is 0.647. The van der Waals surface area contributed by atoms with Crippen molar-refractivity contribution < 1.29 is 4.92 Å². The molecule has 0 saturated carbocycles. The Morgan fingerprint density at radius 1 is 1.05 bits per heavy atom. The maximum Gasteiger partial charge on any atom is 0.295 e. The molecule has 0 saturated heterocycles. The molecule has 0 radical (unpaired) electrons. The summed E-state index contributed by atoms with van der Waals surface area (Å²) in [5, 5.41) is 14.3. The molecule has 1 rings (SSSR count). The van der Waals surface area contributed by atoms with Gasteiger partial charge in [0.15, 0.2) is 0 Å². The lowest BCUT2D eigenvalue weighted by atomic mass is 10.1. The first-order chi connectivity index (χ1) is 10.2. The molecular weight excluding hydrogens is 264 g/mol. The maximum absolute atomic E-state index is 11.1. The summed E-state index contributed by atoms with van der Waals surface area (Å²) in [6.45, 7) is 4.81. The number of nitro benzene ring substituents is 1. The van der Waals surface area contributed by atoms with Gasteiger partial charge in [0.2, 0.25) is 0 Å². The number of benzene rings is 1. The average Bonchev–Trinajstić information content (AvgIpc) is 2.45. The van der Waals surface area contributed by atoms with E-state index in [0.29, 0.717) is 11.3 Å². The highest BCUT2D eigenvalue weighted by Gasteiger charge is 2.15. The van der Waals surface area contributed by atoms with Gasteiger partial charge in [-0.25, -0.2) is 0 Å². The summed E-state index contributed by atoms with van der Waals surface area (Å²) in [6, 6.07) is 5.42. The zero-order valence-electron chi connectivity index (χ0n) is 13.4. The third-order valence-corrected chi connectivity index (χ3v) is 3.77. The van der Waals surface area contributed by atoms with Crippen molar-refractivity contribution in [3.8, 4) is 0 Å². The lowest BCUT2D eigenvalue weighted by Crippen LogP contribution is -2.05. The Balaban J connectivity index is 2.21. The highest BCUT2D eigenvalue weighted by molar-refractivity contribution is 5.64. The van der Waals surface area contributed by atoms with E-state index < -0.39 is 0 Å². The fourth-order valence-electron chi connectivity index (χ4n) is 2.53. The van der Waals surface area contributed by atoms with Crippen LogP contribution in [0.25, 0.3) is 0 Å². The van der Waals surface area contributed by atoms with Crippen molar-refractivity contribution in [3.63, 3.8) is 0 Å². The molecule has 0 aliphatic heterocycles. The van der Waals surface area contributed by atoms with Crippen molar-refractivity contribution in [2.75, 3.05) is 11.9 Å². The highest BCUT2D eigenvalue weighted by atomic mass is 16.6. The van der Waals surface area contributed by atoms with Gasteiger partial charge in [-0.2, -0.15) is 0 Å². The van der Waals surface area contributed by atoms with Crippen molar-refractivity contribution in [2.45, 2.75) is 65.2 Å². The van der Waals surface area contributed by atoms with Crippen molar-refractivity contribution >= 4 is 11.4 Å². The van der Waals surface area contributed by atoms with Gasteiger partial charge in [-0.15, -0.1) is 0 Å². The third-order valence-electron chi connectivity index (χ3n) is 3.77. The van der Waals surface area contributed by atoms with Gasteiger partial charge in [-0.3, -0.25) is 10.1 Å². The van der Waals surface area contributed by atoms with E-state index in [2.05, 4.69) is 12.2 Å². The molecule has 0 spiro atoms. The van der Waals surface area contributed by atoms with Gasteiger partial charge in [-0.05, 0) is 19.4 Å². The molecule has 0 aliphatic carbocycles. The first kappa shape index (κ1) is 17.5. The maximum atomic E-state index is 11.1. The monoisotopic (exact) mass is 292 g/mol. The third kappa shape index (κ3) is 6.61. The first-order valence-corrected chi connectivity index (χ1v) is 8.14. The lowest BCUT2D eigenvalue weighted by molar-refractivity contribution is -0.384. The number of nitrogens with zero attached hydrogens (tertiary/aromatic N) is 1. The van der Waals surface area contributed by atoms with Crippen LogP contribution in [-0.4, -0.2) is 11.5 Å². The molecule has 0 amide bonds. The van der Waals surface area contributed by atoms with Crippen LogP contribution >= 0.6 is 0 Å². The van der Waals surface area contributed by atoms with Gasteiger partial charge >= 0.3 is 0 Å². The van der Waals surface area contributed by atoms with Crippen molar-refractivity contribution in [1.82, 2.24) is 0 Å². The second kappa shape index (κ2) is 10.2. The number of anilines is 1. The Labute approximate surface area is 128 Å². The van der Waals surface area contributed by atoms with E-state index in [1.807, 2.05) is 6.07 Å². The van der Waals surface area contributed by atoms with Crippen LogP contribution in [0.3, 0.4) is 0 Å². The summed E-state index contributed by atoms with van der Waals surface area (Å²) < 4.78 is 0. The normalized spacial score (nSPS) is 10.6. The van der Waals surface area contributed by atoms with Crippen molar-refractivity contribution in [1.29, 1.82) is 0 Å². The topological polar surface area (TPSA) is 55.2 Å². The first-order valence-electron chi connectivity index (χ1n) is 8.14. The molecule has 0 heterocycles. The summed E-state index contributed by atoms with van der Waals surface area (Å²) in [5.74, 6) is 0. The number of hydrogen-bond acceptors (Lipinski definition) is 3. The van der Waals surface area contributed by atoms with Gasteiger partial charge in [-0.1, -0.05) is 64.0 Å². The molecule has 0 atom stereocenters. The van der Waals surface area contributed by atoms with Crippen molar-refractivity contribution in [3.05, 3.63) is 33.9 Å². The van der Waals surface area contributed by atoms with E-state index in [1.54, 1.807) is 19.1 Å². The Kier molecular flexibility index (Phi) is 8.48. The van der Waals surface area contributed by atoms with Crippen LogP contribution in [0.15, 0.2) is 18.2 Å². The lowest BCUT2D eigenvalue weighted by Gasteiger charge is -2.08. The molecule has 1 aromatic carbocycles. The van der Waals surface area contributed by atoms with Crippen LogP contribution in [0, 0.1) is 17.0 Å². The fourth-order valence-corrected chi connectivity index (χ4v) is 2.53. The van der Waals surface area contributed by atoms with E-state index in [1.165, 1.54) is 44.9 Å². The molecule has 1 aromatic rings. The molecule has 0 aromatic heterocycles.